The van der Waals surface area contributed by atoms with Crippen LogP contribution in [0.1, 0.15) is 29.0 Å². The molecule has 0 aliphatic carbocycles. The molecule has 2 aromatic carbocycles. The van der Waals surface area contributed by atoms with E-state index in [1.54, 1.807) is 0 Å². The van der Waals surface area contributed by atoms with Crippen molar-refractivity contribution in [3.63, 3.8) is 0 Å². The second kappa shape index (κ2) is 6.92. The van der Waals surface area contributed by atoms with Crippen molar-refractivity contribution in [1.82, 2.24) is 0 Å². The maximum Gasteiger partial charge on any atom is 0.231 e. The smallest absolute Gasteiger partial charge is 0.231 e. The summed E-state index contributed by atoms with van der Waals surface area (Å²) in [6.45, 7) is 5.71. The lowest BCUT2D eigenvalue weighted by Crippen LogP contribution is -2.15. The molecule has 0 aromatic heterocycles. The first-order chi connectivity index (χ1) is 11.2. The van der Waals surface area contributed by atoms with E-state index in [0.717, 1.165) is 23.7 Å². The Kier molecular flexibility index (Phi) is 4.72. The topological polar surface area (TPSA) is 53.7 Å². The zero-order chi connectivity index (χ0) is 16.2. The minimum absolute atomic E-state index is 0.246. The molecule has 0 saturated carbocycles. The highest BCUT2D eigenvalue weighted by Gasteiger charge is 2.17. The number of hydrogen-bond donors (Lipinski definition) is 1. The van der Waals surface area contributed by atoms with Crippen molar-refractivity contribution in [2.24, 2.45) is 5.73 Å². The lowest BCUT2D eigenvalue weighted by atomic mass is 9.96. The molecule has 1 unspecified atom stereocenters. The van der Waals surface area contributed by atoms with Crippen molar-refractivity contribution in [2.75, 3.05) is 19.9 Å². The molecular formula is C19H23NO3. The van der Waals surface area contributed by atoms with E-state index in [4.69, 9.17) is 19.9 Å². The van der Waals surface area contributed by atoms with Gasteiger partial charge >= 0.3 is 0 Å². The highest BCUT2D eigenvalue weighted by molar-refractivity contribution is 5.45. The molecule has 3 rings (SSSR count). The Balaban J connectivity index is 1.60. The van der Waals surface area contributed by atoms with E-state index >= 15 is 0 Å². The van der Waals surface area contributed by atoms with Gasteiger partial charge in [0.25, 0.3) is 0 Å². The van der Waals surface area contributed by atoms with Crippen LogP contribution in [0.2, 0.25) is 0 Å². The van der Waals surface area contributed by atoms with Gasteiger partial charge in [-0.1, -0.05) is 12.1 Å². The van der Waals surface area contributed by atoms with Crippen LogP contribution in [-0.4, -0.2) is 19.9 Å². The van der Waals surface area contributed by atoms with Crippen LogP contribution in [0.5, 0.6) is 17.2 Å². The Morgan fingerprint density at radius 2 is 1.87 bits per heavy atom. The normalized spacial score (nSPS) is 13.9. The number of nitrogens with two attached hydrogens (primary N) is 1. The van der Waals surface area contributed by atoms with Crippen LogP contribution in [-0.2, 0) is 0 Å². The summed E-state index contributed by atoms with van der Waals surface area (Å²) >= 11 is 0. The third-order valence-corrected chi connectivity index (χ3v) is 4.37. The van der Waals surface area contributed by atoms with Gasteiger partial charge < -0.3 is 19.9 Å². The van der Waals surface area contributed by atoms with Gasteiger partial charge in [-0.3, -0.25) is 0 Å². The van der Waals surface area contributed by atoms with E-state index in [2.05, 4.69) is 32.0 Å². The van der Waals surface area contributed by atoms with E-state index in [1.165, 1.54) is 16.7 Å². The van der Waals surface area contributed by atoms with Crippen LogP contribution >= 0.6 is 0 Å². The molecule has 4 heteroatoms. The maximum atomic E-state index is 5.95. The fraction of sp³-hybridized carbons (Fsp3) is 0.368. The molecule has 1 aliphatic heterocycles. The Labute approximate surface area is 137 Å². The zero-order valence-corrected chi connectivity index (χ0v) is 13.7. The summed E-state index contributed by atoms with van der Waals surface area (Å²) in [7, 11) is 0. The summed E-state index contributed by atoms with van der Waals surface area (Å²) in [5.41, 5.74) is 9.63. The minimum atomic E-state index is 0.246. The molecule has 1 heterocycles. The molecule has 0 amide bonds. The molecule has 0 fully saturated rings. The van der Waals surface area contributed by atoms with E-state index in [1.807, 2.05) is 18.2 Å². The van der Waals surface area contributed by atoms with E-state index in [0.29, 0.717) is 19.9 Å². The maximum absolute atomic E-state index is 5.95. The second-order valence-electron chi connectivity index (χ2n) is 5.93. The van der Waals surface area contributed by atoms with Gasteiger partial charge in [0.05, 0.1) is 6.61 Å². The Bertz CT molecular complexity index is 684. The van der Waals surface area contributed by atoms with Crippen LogP contribution in [0.3, 0.4) is 0 Å². The highest BCUT2D eigenvalue weighted by atomic mass is 16.7. The summed E-state index contributed by atoms with van der Waals surface area (Å²) in [6, 6.07) is 12.2. The predicted molar refractivity (Wildman–Crippen MR) is 90.4 cm³/mol. The number of aryl methyl sites for hydroxylation is 2. The molecule has 0 radical (unpaired) electrons. The van der Waals surface area contributed by atoms with Gasteiger partial charge in [0.1, 0.15) is 5.75 Å². The Morgan fingerprint density at radius 3 is 2.65 bits per heavy atom. The predicted octanol–water partition coefficient (Wildman–Crippen LogP) is 3.54. The van der Waals surface area contributed by atoms with E-state index in [9.17, 15) is 0 Å². The molecule has 0 spiro atoms. The fourth-order valence-electron chi connectivity index (χ4n) is 2.71. The van der Waals surface area contributed by atoms with Crippen molar-refractivity contribution in [2.45, 2.75) is 26.2 Å². The summed E-state index contributed by atoms with van der Waals surface area (Å²) in [5, 5.41) is 0. The van der Waals surface area contributed by atoms with Crippen LogP contribution < -0.4 is 19.9 Å². The third kappa shape index (κ3) is 3.59. The van der Waals surface area contributed by atoms with Gasteiger partial charge in [-0.15, -0.1) is 0 Å². The molecule has 122 valence electrons. The standard InChI is InChI=1S/C19H23NO3/c1-13-3-5-17(9-14(13)2)21-8-7-16(11-20)15-4-6-18-19(10-15)23-12-22-18/h3-6,9-10,16H,7-8,11-12,20H2,1-2H3. The lowest BCUT2D eigenvalue weighted by molar-refractivity contribution is 0.174. The Morgan fingerprint density at radius 1 is 1.04 bits per heavy atom. The number of benzene rings is 2. The van der Waals surface area contributed by atoms with Crippen molar-refractivity contribution in [1.29, 1.82) is 0 Å². The third-order valence-electron chi connectivity index (χ3n) is 4.37. The van der Waals surface area contributed by atoms with Gasteiger partial charge in [-0.05, 0) is 73.7 Å². The summed E-state index contributed by atoms with van der Waals surface area (Å²) < 4.78 is 16.7. The second-order valence-corrected chi connectivity index (χ2v) is 5.93. The molecule has 0 saturated heterocycles. The van der Waals surface area contributed by atoms with E-state index in [-0.39, 0.29) is 5.92 Å². The highest BCUT2D eigenvalue weighted by Crippen LogP contribution is 2.35. The van der Waals surface area contributed by atoms with Gasteiger partial charge in [0, 0.05) is 0 Å². The van der Waals surface area contributed by atoms with Gasteiger partial charge in [0.15, 0.2) is 11.5 Å². The summed E-state index contributed by atoms with van der Waals surface area (Å²) in [6.07, 6.45) is 0.864. The molecule has 1 aliphatic rings. The molecule has 1 atom stereocenters. The van der Waals surface area contributed by atoms with Gasteiger partial charge in [0.2, 0.25) is 6.79 Å². The van der Waals surface area contributed by atoms with E-state index < -0.39 is 0 Å². The summed E-state index contributed by atoms with van der Waals surface area (Å²) in [4.78, 5) is 0. The minimum Gasteiger partial charge on any atom is -0.494 e. The average Bonchev–Trinajstić information content (AvgIpc) is 3.02. The quantitative estimate of drug-likeness (QED) is 0.886. The van der Waals surface area contributed by atoms with Crippen molar-refractivity contribution in [3.8, 4) is 17.2 Å². The fourth-order valence-corrected chi connectivity index (χ4v) is 2.71. The van der Waals surface area contributed by atoms with Crippen molar-refractivity contribution >= 4 is 0 Å². The van der Waals surface area contributed by atoms with Crippen LogP contribution in [0.15, 0.2) is 36.4 Å². The number of fused-ring (bicyclic) bond motifs is 1. The largest absolute Gasteiger partial charge is 0.494 e. The first-order valence-electron chi connectivity index (χ1n) is 7.97. The summed E-state index contributed by atoms with van der Waals surface area (Å²) in [5.74, 6) is 2.76. The SMILES string of the molecule is Cc1ccc(OCCC(CN)c2ccc3c(c2)OCO3)cc1C. The van der Waals surface area contributed by atoms with Crippen LogP contribution in [0, 0.1) is 13.8 Å². The first kappa shape index (κ1) is 15.7. The van der Waals surface area contributed by atoms with Crippen LogP contribution in [0.4, 0.5) is 0 Å². The molecule has 2 N–H and O–H groups in total. The lowest BCUT2D eigenvalue weighted by Gasteiger charge is -2.16. The van der Waals surface area contributed by atoms with Gasteiger partial charge in [-0.2, -0.15) is 0 Å². The van der Waals surface area contributed by atoms with Gasteiger partial charge in [-0.25, -0.2) is 0 Å². The first-order valence-corrected chi connectivity index (χ1v) is 7.97. The molecule has 4 nitrogen and oxygen atoms in total. The number of rotatable bonds is 6. The molecule has 2 aromatic rings. The van der Waals surface area contributed by atoms with Crippen molar-refractivity contribution < 1.29 is 14.2 Å². The molecule has 0 bridgehead atoms. The Hall–Kier alpha value is -2.20. The molecular weight excluding hydrogens is 290 g/mol. The monoisotopic (exact) mass is 313 g/mol. The number of ether oxygens (including phenoxy) is 3. The molecule has 23 heavy (non-hydrogen) atoms. The van der Waals surface area contributed by atoms with Crippen LogP contribution in [0.25, 0.3) is 0 Å². The average molecular weight is 313 g/mol. The number of hydrogen-bond acceptors (Lipinski definition) is 4. The zero-order valence-electron chi connectivity index (χ0n) is 13.7. The van der Waals surface area contributed by atoms with Crippen molar-refractivity contribution in [3.05, 3.63) is 53.1 Å².